The highest BCUT2D eigenvalue weighted by molar-refractivity contribution is 7.94. The molecule has 0 fully saturated rings. The molecule has 4 rings (SSSR count). The summed E-state index contributed by atoms with van der Waals surface area (Å²) in [6.45, 7) is 14.8. The van der Waals surface area contributed by atoms with Crippen LogP contribution in [-0.4, -0.2) is 69.2 Å². The number of sulfone groups is 1. The molecule has 12 nitrogen and oxygen atoms in total. The number of nitrogens with zero attached hydrogens (tertiary/aromatic N) is 3. The zero-order valence-electron chi connectivity index (χ0n) is 26.7. The number of aliphatic imine (C=N–C) groups is 1. The zero-order valence-corrected chi connectivity index (χ0v) is 27.5. The number of hydrogen-bond acceptors (Lipinski definition) is 11. The summed E-state index contributed by atoms with van der Waals surface area (Å²) in [6.07, 6.45) is -0.720. The van der Waals surface area contributed by atoms with Crippen LogP contribution in [0.5, 0.6) is 11.5 Å². The molecule has 240 valence electrons. The summed E-state index contributed by atoms with van der Waals surface area (Å²) < 4.78 is 44.3. The Labute approximate surface area is 258 Å². The van der Waals surface area contributed by atoms with Gasteiger partial charge in [-0.3, -0.25) is 9.98 Å². The fourth-order valence-corrected chi connectivity index (χ4v) is 7.51. The number of pyridine rings is 1. The van der Waals surface area contributed by atoms with Gasteiger partial charge in [0, 0.05) is 17.7 Å². The van der Waals surface area contributed by atoms with Gasteiger partial charge in [0.2, 0.25) is 0 Å². The maximum absolute atomic E-state index is 14.5. The van der Waals surface area contributed by atoms with E-state index in [4.69, 9.17) is 19.2 Å². The minimum Gasteiger partial charge on any atom is -0.506 e. The van der Waals surface area contributed by atoms with Gasteiger partial charge in [0.1, 0.15) is 38.8 Å². The minimum absolute atomic E-state index is 0.0526. The number of ether oxygens (including phenoxy) is 3. The predicted octanol–water partition coefficient (Wildman–Crippen LogP) is 5.54. The summed E-state index contributed by atoms with van der Waals surface area (Å²) in [5, 5.41) is 11.8. The average molecular weight is 631 g/mol. The van der Waals surface area contributed by atoms with Gasteiger partial charge in [0.25, 0.3) is 0 Å². The Bertz CT molecular complexity index is 1550. The lowest BCUT2D eigenvalue weighted by Gasteiger charge is -2.46. The first-order chi connectivity index (χ1) is 20.2. The lowest BCUT2D eigenvalue weighted by molar-refractivity contribution is 0.0138. The number of aromatic nitrogens is 1. The van der Waals surface area contributed by atoms with Gasteiger partial charge < -0.3 is 24.6 Å². The largest absolute Gasteiger partial charge is 0.506 e. The second kappa shape index (κ2) is 11.2. The molecule has 1 aromatic carbocycles. The van der Waals surface area contributed by atoms with Crippen LogP contribution in [0.25, 0.3) is 0 Å². The van der Waals surface area contributed by atoms with Gasteiger partial charge in [-0.15, -0.1) is 0 Å². The molecule has 1 aromatic heterocycles. The van der Waals surface area contributed by atoms with Crippen molar-refractivity contribution < 1.29 is 37.3 Å². The maximum atomic E-state index is 14.5. The van der Waals surface area contributed by atoms with Crippen molar-refractivity contribution >= 4 is 33.5 Å². The van der Waals surface area contributed by atoms with Crippen LogP contribution in [0.3, 0.4) is 0 Å². The number of hydrogen-bond donors (Lipinski definition) is 2. The highest BCUT2D eigenvalue weighted by Crippen LogP contribution is 2.49. The number of nitrogens with one attached hydrogen (secondary N) is 1. The van der Waals surface area contributed by atoms with Gasteiger partial charge in [-0.05, 0) is 92.6 Å². The molecule has 2 amide bonds. The summed E-state index contributed by atoms with van der Waals surface area (Å²) in [7, 11) is -4.13. The Hall–Kier alpha value is -3.87. The molecule has 2 aliphatic heterocycles. The smallest absolute Gasteiger partial charge is 0.425 e. The number of amides is 2. The molecule has 3 heterocycles. The van der Waals surface area contributed by atoms with Crippen molar-refractivity contribution in [1.29, 1.82) is 0 Å². The van der Waals surface area contributed by atoms with Crippen LogP contribution in [0.1, 0.15) is 80.0 Å². The van der Waals surface area contributed by atoms with E-state index in [0.29, 0.717) is 34.1 Å². The molecule has 2 atom stereocenters. The number of imide groups is 1. The first-order valence-corrected chi connectivity index (χ1v) is 16.0. The van der Waals surface area contributed by atoms with Crippen molar-refractivity contribution in [2.45, 2.75) is 102 Å². The van der Waals surface area contributed by atoms with Crippen LogP contribution in [0.15, 0.2) is 41.5 Å². The fraction of sp³-hybridized carbons (Fsp3) is 0.548. The molecule has 0 spiro atoms. The molecule has 2 unspecified atom stereocenters. The number of fused-ring (bicyclic) bond motifs is 3. The number of anilines is 1. The summed E-state index contributed by atoms with van der Waals surface area (Å²) in [5.74, 6) is 0.179. The average Bonchev–Trinajstić information content (AvgIpc) is 3.02. The van der Waals surface area contributed by atoms with Crippen LogP contribution >= 0.6 is 0 Å². The van der Waals surface area contributed by atoms with Crippen molar-refractivity contribution in [2.75, 3.05) is 11.9 Å². The molecule has 0 saturated heterocycles. The third-order valence-corrected chi connectivity index (χ3v) is 10.4. The molecule has 2 N–H and O–H groups in total. The van der Waals surface area contributed by atoms with Crippen LogP contribution in [0.4, 0.5) is 15.3 Å². The van der Waals surface area contributed by atoms with E-state index in [2.05, 4.69) is 10.3 Å². The maximum Gasteiger partial charge on any atom is 0.425 e. The Morgan fingerprint density at radius 2 is 1.66 bits per heavy atom. The van der Waals surface area contributed by atoms with E-state index in [1.807, 2.05) is 0 Å². The quantitative estimate of drug-likeness (QED) is 0.441. The summed E-state index contributed by atoms with van der Waals surface area (Å²) in [6, 6.07) is 8.50. The van der Waals surface area contributed by atoms with E-state index in [1.54, 1.807) is 72.7 Å². The van der Waals surface area contributed by atoms with E-state index >= 15 is 0 Å². The molecule has 0 saturated carbocycles. The molecular formula is C31H42N4O8S. The van der Waals surface area contributed by atoms with Crippen LogP contribution in [-0.2, 0) is 31.4 Å². The van der Waals surface area contributed by atoms with Gasteiger partial charge in [0.15, 0.2) is 9.84 Å². The molecule has 13 heteroatoms. The van der Waals surface area contributed by atoms with Crippen molar-refractivity contribution in [2.24, 2.45) is 4.99 Å². The number of aromatic hydroxyl groups is 1. The predicted molar refractivity (Wildman–Crippen MR) is 166 cm³/mol. The van der Waals surface area contributed by atoms with E-state index in [-0.39, 0.29) is 24.6 Å². The molecule has 44 heavy (non-hydrogen) atoms. The molecule has 0 aliphatic carbocycles. The number of carbonyl (C=O) groups excluding carboxylic acids is 2. The summed E-state index contributed by atoms with van der Waals surface area (Å²) in [4.78, 5) is 37.0. The van der Waals surface area contributed by atoms with Crippen molar-refractivity contribution in [1.82, 2.24) is 9.88 Å². The standard InChI is InChI=1S/C31H42N4O8S/c1-28(2,3)42-26(37)35(27(38)43-29(4,5)6)25-30(7,8)44(39,40)24-14-15-41-23-13-11-19(16-22(23)31(24,9)34-25)32-17-20-10-12-21(36)18-33-20/h10-13,16,18,24,32,36H,14-15,17H2,1-9H3. The van der Waals surface area contributed by atoms with Gasteiger partial charge in [-0.25, -0.2) is 18.0 Å². The van der Waals surface area contributed by atoms with Crippen LogP contribution < -0.4 is 10.1 Å². The first-order valence-electron chi connectivity index (χ1n) is 14.4. The number of carbonyl (C=O) groups is 2. The third-order valence-electron chi connectivity index (χ3n) is 7.40. The zero-order chi connectivity index (χ0) is 32.9. The SMILES string of the molecule is CC(C)(C)OC(=O)N(C(=O)OC(C)(C)C)C1=NC2(C)c3cc(NCc4ccc(O)cn4)ccc3OCCC2S(=O)(=O)C1(C)C. The van der Waals surface area contributed by atoms with Gasteiger partial charge in [0.05, 0.1) is 30.3 Å². The molecule has 2 aliphatic rings. The van der Waals surface area contributed by atoms with Crippen LogP contribution in [0, 0.1) is 0 Å². The molecule has 0 bridgehead atoms. The Balaban J connectivity index is 1.89. The number of rotatable bonds is 3. The van der Waals surface area contributed by atoms with Crippen molar-refractivity contribution in [3.63, 3.8) is 0 Å². The highest BCUT2D eigenvalue weighted by atomic mass is 32.2. The van der Waals surface area contributed by atoms with Crippen LogP contribution in [0.2, 0.25) is 0 Å². The van der Waals surface area contributed by atoms with Gasteiger partial charge >= 0.3 is 12.2 Å². The monoisotopic (exact) mass is 630 g/mol. The van der Waals surface area contributed by atoms with E-state index < -0.39 is 48.8 Å². The second-order valence-electron chi connectivity index (χ2n) is 13.6. The fourth-order valence-electron chi connectivity index (χ4n) is 5.21. The molecule has 0 radical (unpaired) electrons. The Kier molecular flexibility index (Phi) is 8.44. The van der Waals surface area contributed by atoms with E-state index in [0.717, 1.165) is 0 Å². The lowest BCUT2D eigenvalue weighted by Crippen LogP contribution is -2.64. The minimum atomic E-state index is -4.13. The lowest BCUT2D eigenvalue weighted by atomic mass is 9.86. The van der Waals surface area contributed by atoms with E-state index in [9.17, 15) is 23.1 Å². The van der Waals surface area contributed by atoms with Crippen molar-refractivity contribution in [3.8, 4) is 11.5 Å². The van der Waals surface area contributed by atoms with E-state index in [1.165, 1.54) is 26.1 Å². The topological polar surface area (TPSA) is 157 Å². The summed E-state index contributed by atoms with van der Waals surface area (Å²) in [5.41, 5.74) is -1.69. The van der Waals surface area contributed by atoms with Gasteiger partial charge in [-0.2, -0.15) is 4.90 Å². The normalized spacial score (nSPS) is 22.2. The number of amidine groups is 1. The number of benzene rings is 1. The molecule has 2 aromatic rings. The highest BCUT2D eigenvalue weighted by Gasteiger charge is 2.61. The molecular weight excluding hydrogens is 588 g/mol. The first kappa shape index (κ1) is 33.0. The van der Waals surface area contributed by atoms with Crippen molar-refractivity contribution in [3.05, 3.63) is 47.8 Å². The second-order valence-corrected chi connectivity index (χ2v) is 16.3. The van der Waals surface area contributed by atoms with Gasteiger partial charge in [-0.1, -0.05) is 0 Å². The third kappa shape index (κ3) is 6.47. The Morgan fingerprint density at radius 1 is 1.05 bits per heavy atom. The Morgan fingerprint density at radius 3 is 2.20 bits per heavy atom. The summed E-state index contributed by atoms with van der Waals surface area (Å²) >= 11 is 0.